The molecule has 3 rings (SSSR count). The van der Waals surface area contributed by atoms with Crippen molar-refractivity contribution in [3.05, 3.63) is 58.6 Å². The van der Waals surface area contributed by atoms with Crippen LogP contribution in [0.1, 0.15) is 23.6 Å². The Hall–Kier alpha value is -1.12. The summed E-state index contributed by atoms with van der Waals surface area (Å²) in [6, 6.07) is 15.1. The highest BCUT2D eigenvalue weighted by Gasteiger charge is 2.20. The lowest BCUT2D eigenvalue weighted by Gasteiger charge is -2.27. The number of rotatable bonds is 2. The highest BCUT2D eigenvalue weighted by Crippen LogP contribution is 2.39. The standard InChI is InChI=1S/C16H16ClNS/c1-11-2-5-13(6-3-11)18-15-8-9-19-16-7-4-12(17)10-14(15)16/h2-7,10,15,18H,8-9H2,1H3. The van der Waals surface area contributed by atoms with Gasteiger partial charge in [-0.15, -0.1) is 11.8 Å². The molecule has 0 bridgehead atoms. The molecule has 0 fully saturated rings. The van der Waals surface area contributed by atoms with Crippen LogP contribution < -0.4 is 5.32 Å². The third kappa shape index (κ3) is 2.90. The SMILES string of the molecule is Cc1ccc(NC2CCSc3ccc(Cl)cc32)cc1. The normalized spacial score (nSPS) is 17.9. The first-order valence-electron chi connectivity index (χ1n) is 6.48. The van der Waals surface area contributed by atoms with E-state index in [1.54, 1.807) is 0 Å². The van der Waals surface area contributed by atoms with Crippen LogP contribution in [0.4, 0.5) is 5.69 Å². The first kappa shape index (κ1) is 12.9. The highest BCUT2D eigenvalue weighted by molar-refractivity contribution is 7.99. The monoisotopic (exact) mass is 289 g/mol. The Balaban J connectivity index is 1.87. The maximum Gasteiger partial charge on any atom is 0.0533 e. The van der Waals surface area contributed by atoms with Crippen molar-refractivity contribution >= 4 is 29.1 Å². The lowest BCUT2D eigenvalue weighted by molar-refractivity contribution is 0.728. The summed E-state index contributed by atoms with van der Waals surface area (Å²) in [6.07, 6.45) is 1.13. The number of hydrogen-bond acceptors (Lipinski definition) is 2. The minimum Gasteiger partial charge on any atom is -0.378 e. The van der Waals surface area contributed by atoms with Crippen LogP contribution in [0.3, 0.4) is 0 Å². The van der Waals surface area contributed by atoms with Crippen molar-refractivity contribution < 1.29 is 0 Å². The van der Waals surface area contributed by atoms with Crippen molar-refractivity contribution in [3.63, 3.8) is 0 Å². The van der Waals surface area contributed by atoms with E-state index in [0.717, 1.165) is 17.2 Å². The van der Waals surface area contributed by atoms with Crippen molar-refractivity contribution in [2.45, 2.75) is 24.3 Å². The van der Waals surface area contributed by atoms with E-state index < -0.39 is 0 Å². The summed E-state index contributed by atoms with van der Waals surface area (Å²) in [4.78, 5) is 1.35. The van der Waals surface area contributed by atoms with Crippen molar-refractivity contribution in [1.29, 1.82) is 0 Å². The molecule has 1 aliphatic heterocycles. The summed E-state index contributed by atoms with van der Waals surface area (Å²) in [5.74, 6) is 1.15. The minimum absolute atomic E-state index is 0.359. The molecule has 0 spiro atoms. The van der Waals surface area contributed by atoms with Gasteiger partial charge >= 0.3 is 0 Å². The number of thioether (sulfide) groups is 1. The molecule has 0 radical (unpaired) electrons. The summed E-state index contributed by atoms with van der Waals surface area (Å²) < 4.78 is 0. The van der Waals surface area contributed by atoms with Crippen LogP contribution in [-0.2, 0) is 0 Å². The van der Waals surface area contributed by atoms with Gasteiger partial charge in [0.1, 0.15) is 0 Å². The molecular weight excluding hydrogens is 274 g/mol. The summed E-state index contributed by atoms with van der Waals surface area (Å²) in [6.45, 7) is 2.11. The van der Waals surface area contributed by atoms with E-state index >= 15 is 0 Å². The van der Waals surface area contributed by atoms with Crippen LogP contribution in [0.15, 0.2) is 47.4 Å². The van der Waals surface area contributed by atoms with Gasteiger partial charge < -0.3 is 5.32 Å². The smallest absolute Gasteiger partial charge is 0.0533 e. The molecule has 2 aromatic rings. The number of anilines is 1. The van der Waals surface area contributed by atoms with E-state index in [1.807, 2.05) is 17.8 Å². The van der Waals surface area contributed by atoms with Gasteiger partial charge in [0.2, 0.25) is 0 Å². The summed E-state index contributed by atoms with van der Waals surface area (Å²) in [5, 5.41) is 4.44. The van der Waals surface area contributed by atoms with Gasteiger partial charge in [0, 0.05) is 21.4 Å². The molecule has 0 aliphatic carbocycles. The number of aryl methyl sites for hydroxylation is 1. The molecule has 1 unspecified atom stereocenters. The largest absolute Gasteiger partial charge is 0.378 e. The average molecular weight is 290 g/mol. The Morgan fingerprint density at radius 2 is 1.95 bits per heavy atom. The molecule has 19 heavy (non-hydrogen) atoms. The van der Waals surface area contributed by atoms with E-state index in [-0.39, 0.29) is 0 Å². The van der Waals surface area contributed by atoms with Gasteiger partial charge in [0.25, 0.3) is 0 Å². The summed E-state index contributed by atoms with van der Waals surface area (Å²) >= 11 is 8.04. The number of nitrogens with one attached hydrogen (secondary N) is 1. The molecule has 1 aliphatic rings. The molecule has 1 nitrogen and oxygen atoms in total. The van der Waals surface area contributed by atoms with Gasteiger partial charge in [0.05, 0.1) is 6.04 Å². The molecule has 98 valence electrons. The first-order chi connectivity index (χ1) is 9.22. The van der Waals surface area contributed by atoms with Gasteiger partial charge in [0.15, 0.2) is 0 Å². The summed E-state index contributed by atoms with van der Waals surface area (Å²) in [7, 11) is 0. The number of benzene rings is 2. The molecule has 1 heterocycles. The third-order valence-corrected chi connectivity index (χ3v) is 4.76. The number of fused-ring (bicyclic) bond motifs is 1. The second-order valence-corrected chi connectivity index (χ2v) is 6.46. The highest BCUT2D eigenvalue weighted by atomic mass is 35.5. The maximum atomic E-state index is 6.13. The summed E-state index contributed by atoms with van der Waals surface area (Å²) in [5.41, 5.74) is 3.78. The van der Waals surface area contributed by atoms with Crippen LogP contribution in [0.25, 0.3) is 0 Å². The van der Waals surface area contributed by atoms with Crippen LogP contribution in [0.5, 0.6) is 0 Å². The lowest BCUT2D eigenvalue weighted by atomic mass is 10.0. The molecule has 0 amide bonds. The fraction of sp³-hybridized carbons (Fsp3) is 0.250. The zero-order valence-corrected chi connectivity index (χ0v) is 12.4. The Bertz CT molecular complexity index is 580. The second-order valence-electron chi connectivity index (χ2n) is 4.88. The Kier molecular flexibility index (Phi) is 3.72. The molecule has 1 atom stereocenters. The molecular formula is C16H16ClNS. The van der Waals surface area contributed by atoms with E-state index in [9.17, 15) is 0 Å². The molecule has 1 N–H and O–H groups in total. The third-order valence-electron chi connectivity index (χ3n) is 3.40. The Morgan fingerprint density at radius 1 is 1.16 bits per heavy atom. The van der Waals surface area contributed by atoms with Gasteiger partial charge in [-0.2, -0.15) is 0 Å². The fourth-order valence-electron chi connectivity index (χ4n) is 2.37. The Labute approximate surface area is 123 Å². The lowest BCUT2D eigenvalue weighted by Crippen LogP contribution is -2.16. The van der Waals surface area contributed by atoms with E-state index in [0.29, 0.717) is 6.04 Å². The Morgan fingerprint density at radius 3 is 2.74 bits per heavy atom. The quantitative estimate of drug-likeness (QED) is 0.805. The first-order valence-corrected chi connectivity index (χ1v) is 7.84. The predicted molar refractivity (Wildman–Crippen MR) is 84.3 cm³/mol. The molecule has 2 aromatic carbocycles. The zero-order valence-electron chi connectivity index (χ0n) is 10.8. The second kappa shape index (κ2) is 5.48. The van der Waals surface area contributed by atoms with Gasteiger partial charge in [-0.1, -0.05) is 29.3 Å². The van der Waals surface area contributed by atoms with E-state index in [1.165, 1.54) is 21.7 Å². The maximum absolute atomic E-state index is 6.13. The number of hydrogen-bond donors (Lipinski definition) is 1. The van der Waals surface area contributed by atoms with Crippen LogP contribution in [-0.4, -0.2) is 5.75 Å². The fourth-order valence-corrected chi connectivity index (χ4v) is 3.65. The van der Waals surface area contributed by atoms with Gasteiger partial charge in [-0.05, 0) is 49.2 Å². The predicted octanol–water partition coefficient (Wildman–Crippen LogP) is 5.30. The number of halogens is 1. The van der Waals surface area contributed by atoms with Crippen molar-refractivity contribution in [1.82, 2.24) is 0 Å². The average Bonchev–Trinajstić information content (AvgIpc) is 2.42. The van der Waals surface area contributed by atoms with Crippen molar-refractivity contribution in [3.8, 4) is 0 Å². The molecule has 3 heteroatoms. The van der Waals surface area contributed by atoms with Crippen molar-refractivity contribution in [2.24, 2.45) is 0 Å². The molecule has 0 saturated heterocycles. The molecule has 0 aromatic heterocycles. The topological polar surface area (TPSA) is 12.0 Å². The van der Waals surface area contributed by atoms with E-state index in [4.69, 9.17) is 11.6 Å². The van der Waals surface area contributed by atoms with Gasteiger partial charge in [-0.25, -0.2) is 0 Å². The van der Waals surface area contributed by atoms with Crippen LogP contribution in [0.2, 0.25) is 5.02 Å². The van der Waals surface area contributed by atoms with Crippen LogP contribution >= 0.6 is 23.4 Å². The van der Waals surface area contributed by atoms with Gasteiger partial charge in [-0.3, -0.25) is 0 Å². The van der Waals surface area contributed by atoms with Crippen LogP contribution in [0, 0.1) is 6.92 Å². The zero-order chi connectivity index (χ0) is 13.2. The molecule has 0 saturated carbocycles. The van der Waals surface area contributed by atoms with E-state index in [2.05, 4.69) is 48.6 Å². The van der Waals surface area contributed by atoms with Crippen molar-refractivity contribution in [2.75, 3.05) is 11.1 Å². The minimum atomic E-state index is 0.359.